The minimum Gasteiger partial charge on any atom is -0.480 e. The zero-order chi connectivity index (χ0) is 15.0. The van der Waals surface area contributed by atoms with Crippen molar-refractivity contribution in [3.63, 3.8) is 0 Å². The van der Waals surface area contributed by atoms with E-state index in [1.54, 1.807) is 0 Å². The normalized spacial score (nSPS) is 18.2. The summed E-state index contributed by atoms with van der Waals surface area (Å²) in [5, 5.41) is 13.1. The van der Waals surface area contributed by atoms with Gasteiger partial charge >= 0.3 is 5.97 Å². The summed E-state index contributed by atoms with van der Waals surface area (Å²) < 4.78 is 5.39. The van der Waals surface area contributed by atoms with Gasteiger partial charge in [0.05, 0.1) is 6.61 Å². The molecule has 0 aromatic carbocycles. The number of carbonyl (C=O) groups is 1. The molecule has 5 nitrogen and oxygen atoms in total. The van der Waals surface area contributed by atoms with Crippen LogP contribution >= 0.6 is 0 Å². The van der Waals surface area contributed by atoms with Gasteiger partial charge < -0.3 is 15.2 Å². The van der Waals surface area contributed by atoms with Crippen molar-refractivity contribution >= 4 is 5.97 Å². The van der Waals surface area contributed by atoms with Crippen molar-refractivity contribution in [3.8, 4) is 0 Å². The van der Waals surface area contributed by atoms with E-state index in [-0.39, 0.29) is 5.92 Å². The number of likely N-dealkylation sites (N-methyl/N-ethyl adjacent to an activating group) is 1. The Morgan fingerprint density at radius 1 is 1.40 bits per heavy atom. The van der Waals surface area contributed by atoms with Gasteiger partial charge in [-0.3, -0.25) is 9.69 Å². The Hall–Kier alpha value is -0.650. The molecule has 0 aromatic rings. The molecule has 0 spiro atoms. The fourth-order valence-electron chi connectivity index (χ4n) is 2.61. The van der Waals surface area contributed by atoms with Crippen LogP contribution in [0.25, 0.3) is 0 Å². The maximum Gasteiger partial charge on any atom is 0.325 e. The molecule has 1 unspecified atom stereocenters. The molecule has 1 saturated carbocycles. The predicted molar refractivity (Wildman–Crippen MR) is 80.0 cm³/mol. The molecule has 0 saturated heterocycles. The molecule has 20 heavy (non-hydrogen) atoms. The van der Waals surface area contributed by atoms with E-state index in [1.165, 1.54) is 0 Å². The van der Waals surface area contributed by atoms with Gasteiger partial charge in [0.15, 0.2) is 0 Å². The highest BCUT2D eigenvalue weighted by Crippen LogP contribution is 2.40. The van der Waals surface area contributed by atoms with Crippen LogP contribution in [0.1, 0.15) is 40.0 Å². The van der Waals surface area contributed by atoms with E-state index in [0.29, 0.717) is 19.8 Å². The third-order valence-corrected chi connectivity index (χ3v) is 4.02. The first-order valence-corrected chi connectivity index (χ1v) is 7.89. The third kappa shape index (κ3) is 4.72. The molecular weight excluding hydrogens is 256 g/mol. The van der Waals surface area contributed by atoms with Crippen molar-refractivity contribution in [1.29, 1.82) is 0 Å². The molecular formula is C15H30N2O3. The van der Waals surface area contributed by atoms with Crippen molar-refractivity contribution in [2.24, 2.45) is 5.92 Å². The SMILES string of the molecule is CCCNC(CN(CC)CCOCC)(C(=O)O)C1CC1. The minimum absolute atomic E-state index is 0.271. The fraction of sp³-hybridized carbons (Fsp3) is 0.933. The molecule has 118 valence electrons. The summed E-state index contributed by atoms with van der Waals surface area (Å²) in [5.41, 5.74) is -0.780. The maximum absolute atomic E-state index is 11.9. The van der Waals surface area contributed by atoms with Crippen LogP contribution in [-0.4, -0.2) is 60.9 Å². The number of hydrogen-bond acceptors (Lipinski definition) is 4. The van der Waals surface area contributed by atoms with Crippen LogP contribution < -0.4 is 5.32 Å². The van der Waals surface area contributed by atoms with E-state index in [2.05, 4.69) is 24.1 Å². The Labute approximate surface area is 122 Å². The Morgan fingerprint density at radius 2 is 2.10 bits per heavy atom. The van der Waals surface area contributed by atoms with Gasteiger partial charge in [-0.2, -0.15) is 0 Å². The Morgan fingerprint density at radius 3 is 2.55 bits per heavy atom. The van der Waals surface area contributed by atoms with Crippen LogP contribution in [-0.2, 0) is 9.53 Å². The van der Waals surface area contributed by atoms with Gasteiger partial charge in [-0.25, -0.2) is 0 Å². The summed E-state index contributed by atoms with van der Waals surface area (Å²) >= 11 is 0. The Bertz CT molecular complexity index is 295. The van der Waals surface area contributed by atoms with Crippen LogP contribution in [0.2, 0.25) is 0 Å². The van der Waals surface area contributed by atoms with Gasteiger partial charge in [0.1, 0.15) is 5.54 Å². The lowest BCUT2D eigenvalue weighted by Gasteiger charge is -2.36. The number of hydrogen-bond donors (Lipinski definition) is 2. The summed E-state index contributed by atoms with van der Waals surface area (Å²) in [6.07, 6.45) is 2.99. The molecule has 0 bridgehead atoms. The summed E-state index contributed by atoms with van der Waals surface area (Å²) in [7, 11) is 0. The van der Waals surface area contributed by atoms with E-state index in [9.17, 15) is 9.90 Å². The first-order chi connectivity index (χ1) is 9.60. The van der Waals surface area contributed by atoms with Gasteiger partial charge in [0.2, 0.25) is 0 Å². The zero-order valence-corrected chi connectivity index (χ0v) is 13.2. The van der Waals surface area contributed by atoms with E-state index < -0.39 is 11.5 Å². The summed E-state index contributed by atoms with van der Waals surface area (Å²) in [4.78, 5) is 14.1. The highest BCUT2D eigenvalue weighted by Gasteiger charge is 2.51. The molecule has 0 aliphatic heterocycles. The molecule has 0 radical (unpaired) electrons. The van der Waals surface area contributed by atoms with Gasteiger partial charge in [0.25, 0.3) is 0 Å². The van der Waals surface area contributed by atoms with Crippen molar-refractivity contribution in [3.05, 3.63) is 0 Å². The monoisotopic (exact) mass is 286 g/mol. The van der Waals surface area contributed by atoms with Crippen LogP contribution in [0.5, 0.6) is 0 Å². The number of nitrogens with one attached hydrogen (secondary N) is 1. The summed E-state index contributed by atoms with van der Waals surface area (Å²) in [6.45, 7) is 10.5. The largest absolute Gasteiger partial charge is 0.480 e. The first-order valence-electron chi connectivity index (χ1n) is 7.89. The van der Waals surface area contributed by atoms with Crippen molar-refractivity contribution < 1.29 is 14.6 Å². The van der Waals surface area contributed by atoms with Crippen LogP contribution in [0, 0.1) is 5.92 Å². The lowest BCUT2D eigenvalue weighted by molar-refractivity contribution is -0.147. The van der Waals surface area contributed by atoms with Crippen molar-refractivity contribution in [2.45, 2.75) is 45.6 Å². The molecule has 0 heterocycles. The van der Waals surface area contributed by atoms with Gasteiger partial charge in [-0.05, 0) is 45.2 Å². The maximum atomic E-state index is 11.9. The number of ether oxygens (including phenoxy) is 1. The molecule has 1 fully saturated rings. The molecule has 1 rings (SSSR count). The second kappa shape index (κ2) is 8.60. The number of rotatable bonds is 12. The topological polar surface area (TPSA) is 61.8 Å². The summed E-state index contributed by atoms with van der Waals surface area (Å²) in [5.74, 6) is -0.434. The standard InChI is InChI=1S/C15H30N2O3/c1-4-9-16-15(14(18)19,13-7-8-13)12-17(5-2)10-11-20-6-3/h13,16H,4-12H2,1-3H3,(H,18,19). The Balaban J connectivity index is 2.67. The van der Waals surface area contributed by atoms with Crippen LogP contribution in [0.15, 0.2) is 0 Å². The van der Waals surface area contributed by atoms with E-state index in [0.717, 1.165) is 38.9 Å². The molecule has 0 amide bonds. The number of nitrogens with zero attached hydrogens (tertiary/aromatic N) is 1. The lowest BCUT2D eigenvalue weighted by atomic mass is 9.92. The number of carboxylic acids is 1. The number of aliphatic carboxylic acids is 1. The molecule has 1 aliphatic carbocycles. The average molecular weight is 286 g/mol. The molecule has 2 N–H and O–H groups in total. The second-order valence-electron chi connectivity index (χ2n) is 5.54. The average Bonchev–Trinajstić information content (AvgIpc) is 3.26. The summed E-state index contributed by atoms with van der Waals surface area (Å²) in [6, 6.07) is 0. The smallest absolute Gasteiger partial charge is 0.325 e. The molecule has 5 heteroatoms. The van der Waals surface area contributed by atoms with E-state index >= 15 is 0 Å². The van der Waals surface area contributed by atoms with E-state index in [4.69, 9.17) is 4.74 Å². The highest BCUT2D eigenvalue weighted by molar-refractivity contribution is 5.80. The third-order valence-electron chi connectivity index (χ3n) is 4.02. The Kier molecular flexibility index (Phi) is 7.48. The second-order valence-corrected chi connectivity index (χ2v) is 5.54. The van der Waals surface area contributed by atoms with Crippen molar-refractivity contribution in [2.75, 3.05) is 39.4 Å². The molecule has 1 aliphatic rings. The lowest BCUT2D eigenvalue weighted by Crippen LogP contribution is -2.61. The molecule has 1 atom stereocenters. The van der Waals surface area contributed by atoms with Gasteiger partial charge in [0, 0.05) is 19.7 Å². The van der Waals surface area contributed by atoms with Gasteiger partial charge in [-0.15, -0.1) is 0 Å². The van der Waals surface area contributed by atoms with Gasteiger partial charge in [-0.1, -0.05) is 13.8 Å². The quantitative estimate of drug-likeness (QED) is 0.533. The number of carboxylic acid groups (broad SMARTS) is 1. The predicted octanol–water partition coefficient (Wildman–Crippen LogP) is 1.58. The van der Waals surface area contributed by atoms with Crippen LogP contribution in [0.3, 0.4) is 0 Å². The fourth-order valence-corrected chi connectivity index (χ4v) is 2.61. The van der Waals surface area contributed by atoms with Crippen molar-refractivity contribution in [1.82, 2.24) is 10.2 Å². The zero-order valence-electron chi connectivity index (χ0n) is 13.2. The molecule has 0 aromatic heterocycles. The first kappa shape index (κ1) is 17.4. The van der Waals surface area contributed by atoms with Crippen LogP contribution in [0.4, 0.5) is 0 Å². The minimum atomic E-state index is -0.780. The highest BCUT2D eigenvalue weighted by atomic mass is 16.5. The van der Waals surface area contributed by atoms with E-state index in [1.807, 2.05) is 6.92 Å².